The Kier molecular flexibility index (Phi) is 8.16. The van der Waals surface area contributed by atoms with E-state index in [0.717, 1.165) is 50.6 Å². The second kappa shape index (κ2) is 11.9. The molecule has 194 valence electrons. The molecule has 1 saturated carbocycles. The summed E-state index contributed by atoms with van der Waals surface area (Å²) >= 11 is 5.96. The zero-order valence-corrected chi connectivity index (χ0v) is 21.5. The topological polar surface area (TPSA) is 100 Å². The van der Waals surface area contributed by atoms with Gasteiger partial charge in [-0.05, 0) is 68.6 Å². The van der Waals surface area contributed by atoms with Crippen LogP contribution in [0.4, 0.5) is 5.69 Å². The van der Waals surface area contributed by atoms with Crippen LogP contribution in [0.2, 0.25) is 5.02 Å². The number of halogens is 1. The smallest absolute Gasteiger partial charge is 0.253 e. The zero-order chi connectivity index (χ0) is 25.6. The number of benzene rings is 2. The Morgan fingerprint density at radius 1 is 1.00 bits per heavy atom. The van der Waals surface area contributed by atoms with Crippen LogP contribution >= 0.6 is 11.6 Å². The number of piperidine rings is 1. The van der Waals surface area contributed by atoms with Gasteiger partial charge in [0.1, 0.15) is 0 Å². The average molecular weight is 522 g/mol. The number of hydrogen-bond acceptors (Lipinski definition) is 6. The molecule has 2 fully saturated rings. The highest BCUT2D eigenvalue weighted by Crippen LogP contribution is 2.24. The van der Waals surface area contributed by atoms with Crippen LogP contribution in [0.3, 0.4) is 0 Å². The Morgan fingerprint density at radius 3 is 2.59 bits per heavy atom. The van der Waals surface area contributed by atoms with E-state index in [1.54, 1.807) is 24.3 Å². The number of carbonyl (C=O) groups excluding carboxylic acids is 2. The van der Waals surface area contributed by atoms with Gasteiger partial charge in [-0.3, -0.25) is 14.5 Å². The normalized spacial score (nSPS) is 18.9. The monoisotopic (exact) mass is 521 g/mol. The van der Waals surface area contributed by atoms with Crippen LogP contribution in [0.1, 0.15) is 61.2 Å². The standard InChI is InChI=1S/C28H32ClN5O3/c29-21-14-12-19(13-15-21)26-32-25(37-33-26)18-34-16-6-7-20(17-34)27(35)31-24-11-5-4-10-23(24)28(36)30-22-8-2-1-3-9-22/h4-5,10-15,20,22H,1-3,6-9,16-18H2,(H,30,36)(H,31,35). The molecule has 0 radical (unpaired) electrons. The molecule has 1 saturated heterocycles. The minimum atomic E-state index is -0.193. The summed E-state index contributed by atoms with van der Waals surface area (Å²) in [4.78, 5) is 32.9. The molecular weight excluding hydrogens is 490 g/mol. The van der Waals surface area contributed by atoms with E-state index >= 15 is 0 Å². The maximum Gasteiger partial charge on any atom is 0.253 e. The molecule has 5 rings (SSSR count). The maximum absolute atomic E-state index is 13.2. The van der Waals surface area contributed by atoms with Crippen molar-refractivity contribution < 1.29 is 14.1 Å². The van der Waals surface area contributed by atoms with Gasteiger partial charge in [-0.1, -0.05) is 48.2 Å². The number of nitrogens with zero attached hydrogens (tertiary/aromatic N) is 3. The van der Waals surface area contributed by atoms with Gasteiger partial charge in [0.2, 0.25) is 17.6 Å². The Bertz CT molecular complexity index is 1220. The lowest BCUT2D eigenvalue weighted by Crippen LogP contribution is -2.40. The van der Waals surface area contributed by atoms with Gasteiger partial charge in [0.15, 0.2) is 0 Å². The second-order valence-corrected chi connectivity index (χ2v) is 10.4. The first-order valence-electron chi connectivity index (χ1n) is 13.1. The minimum Gasteiger partial charge on any atom is -0.349 e. The maximum atomic E-state index is 13.2. The van der Waals surface area contributed by atoms with Crippen molar-refractivity contribution in [1.29, 1.82) is 0 Å². The van der Waals surface area contributed by atoms with Crippen molar-refractivity contribution in [2.75, 3.05) is 18.4 Å². The Labute approximate surface area is 221 Å². The lowest BCUT2D eigenvalue weighted by Gasteiger charge is -2.31. The molecule has 2 amide bonds. The molecule has 3 aromatic rings. The number of para-hydroxylation sites is 1. The van der Waals surface area contributed by atoms with E-state index in [4.69, 9.17) is 16.1 Å². The number of hydrogen-bond donors (Lipinski definition) is 2. The highest BCUT2D eigenvalue weighted by Gasteiger charge is 2.28. The van der Waals surface area contributed by atoms with Crippen molar-refractivity contribution in [3.8, 4) is 11.4 Å². The number of likely N-dealkylation sites (tertiary alicyclic amines) is 1. The van der Waals surface area contributed by atoms with E-state index in [-0.39, 0.29) is 23.8 Å². The first-order chi connectivity index (χ1) is 18.0. The lowest BCUT2D eigenvalue weighted by atomic mass is 9.95. The Balaban J connectivity index is 1.19. The van der Waals surface area contributed by atoms with Gasteiger partial charge in [-0.25, -0.2) is 0 Å². The van der Waals surface area contributed by atoms with Gasteiger partial charge in [0.05, 0.1) is 23.7 Å². The predicted octanol–water partition coefficient (Wildman–Crippen LogP) is 5.30. The van der Waals surface area contributed by atoms with Crippen LogP contribution in [0, 0.1) is 5.92 Å². The van der Waals surface area contributed by atoms with Gasteiger partial charge in [-0.15, -0.1) is 0 Å². The van der Waals surface area contributed by atoms with Crippen LogP contribution in [0.15, 0.2) is 53.1 Å². The highest BCUT2D eigenvalue weighted by molar-refractivity contribution is 6.30. The lowest BCUT2D eigenvalue weighted by molar-refractivity contribution is -0.121. The molecule has 2 heterocycles. The molecule has 1 aliphatic carbocycles. The van der Waals surface area contributed by atoms with Crippen molar-refractivity contribution in [2.45, 2.75) is 57.5 Å². The highest BCUT2D eigenvalue weighted by atomic mass is 35.5. The summed E-state index contributed by atoms with van der Waals surface area (Å²) in [6.07, 6.45) is 7.23. The van der Waals surface area contributed by atoms with Crippen molar-refractivity contribution >= 4 is 29.1 Å². The number of anilines is 1. The van der Waals surface area contributed by atoms with Crippen molar-refractivity contribution in [3.05, 3.63) is 65.0 Å². The van der Waals surface area contributed by atoms with E-state index in [1.807, 2.05) is 24.3 Å². The predicted molar refractivity (Wildman–Crippen MR) is 142 cm³/mol. The molecule has 2 aromatic carbocycles. The van der Waals surface area contributed by atoms with Gasteiger partial charge in [-0.2, -0.15) is 4.98 Å². The number of nitrogens with one attached hydrogen (secondary N) is 2. The minimum absolute atomic E-state index is 0.0741. The quantitative estimate of drug-likeness (QED) is 0.437. The van der Waals surface area contributed by atoms with Crippen LogP contribution in [0.25, 0.3) is 11.4 Å². The summed E-state index contributed by atoms with van der Waals surface area (Å²) in [5.74, 6) is 0.634. The number of aromatic nitrogens is 2. The molecule has 8 nitrogen and oxygen atoms in total. The summed E-state index contributed by atoms with van der Waals surface area (Å²) in [5.41, 5.74) is 1.90. The van der Waals surface area contributed by atoms with Gasteiger partial charge >= 0.3 is 0 Å². The SMILES string of the molecule is O=C(NC1CCCCC1)c1ccccc1NC(=O)C1CCCN(Cc2nc(-c3ccc(Cl)cc3)no2)C1. The van der Waals surface area contributed by atoms with Crippen LogP contribution in [0.5, 0.6) is 0 Å². The molecule has 2 N–H and O–H groups in total. The molecule has 1 aliphatic heterocycles. The summed E-state index contributed by atoms with van der Waals surface area (Å²) in [5, 5.41) is 10.9. The summed E-state index contributed by atoms with van der Waals surface area (Å²) in [6, 6.07) is 14.7. The number of rotatable bonds is 7. The van der Waals surface area contributed by atoms with E-state index in [2.05, 4.69) is 25.7 Å². The van der Waals surface area contributed by atoms with Crippen LogP contribution < -0.4 is 10.6 Å². The average Bonchev–Trinajstić information content (AvgIpc) is 3.38. The number of amides is 2. The third-order valence-electron chi connectivity index (χ3n) is 7.18. The molecule has 1 unspecified atom stereocenters. The van der Waals surface area contributed by atoms with E-state index in [9.17, 15) is 9.59 Å². The second-order valence-electron chi connectivity index (χ2n) is 9.94. The third-order valence-corrected chi connectivity index (χ3v) is 7.43. The summed E-state index contributed by atoms with van der Waals surface area (Å²) in [7, 11) is 0. The van der Waals surface area contributed by atoms with E-state index in [0.29, 0.717) is 41.1 Å². The van der Waals surface area contributed by atoms with E-state index < -0.39 is 0 Å². The first-order valence-corrected chi connectivity index (χ1v) is 13.4. The summed E-state index contributed by atoms with van der Waals surface area (Å²) in [6.45, 7) is 1.91. The van der Waals surface area contributed by atoms with Crippen LogP contribution in [-0.2, 0) is 11.3 Å². The summed E-state index contributed by atoms with van der Waals surface area (Å²) < 4.78 is 5.47. The van der Waals surface area contributed by atoms with Gasteiger partial charge in [0.25, 0.3) is 5.91 Å². The van der Waals surface area contributed by atoms with Gasteiger partial charge < -0.3 is 15.2 Å². The van der Waals surface area contributed by atoms with Crippen molar-refractivity contribution in [2.24, 2.45) is 5.92 Å². The molecular formula is C28H32ClN5O3. The fourth-order valence-corrected chi connectivity index (χ4v) is 5.30. The molecule has 0 bridgehead atoms. The fourth-order valence-electron chi connectivity index (χ4n) is 5.17. The van der Waals surface area contributed by atoms with Gasteiger partial charge in [0, 0.05) is 23.2 Å². The van der Waals surface area contributed by atoms with Crippen molar-refractivity contribution in [3.63, 3.8) is 0 Å². The first kappa shape index (κ1) is 25.4. The zero-order valence-electron chi connectivity index (χ0n) is 20.8. The molecule has 0 spiro atoms. The molecule has 9 heteroatoms. The van der Waals surface area contributed by atoms with Crippen molar-refractivity contribution in [1.82, 2.24) is 20.4 Å². The fraction of sp³-hybridized carbons (Fsp3) is 0.429. The third kappa shape index (κ3) is 6.56. The largest absolute Gasteiger partial charge is 0.349 e. The Morgan fingerprint density at radius 2 is 1.78 bits per heavy atom. The molecule has 2 aliphatic rings. The molecule has 1 aromatic heterocycles. The molecule has 37 heavy (non-hydrogen) atoms. The van der Waals surface area contributed by atoms with Crippen LogP contribution in [-0.4, -0.2) is 46.0 Å². The number of carbonyl (C=O) groups is 2. The Hall–Kier alpha value is -3.23. The van der Waals surface area contributed by atoms with E-state index in [1.165, 1.54) is 6.42 Å². The molecule has 1 atom stereocenters.